The third-order valence-corrected chi connectivity index (χ3v) is 3.37. The van der Waals surface area contributed by atoms with E-state index in [9.17, 15) is 4.79 Å². The molecule has 0 saturated carbocycles. The van der Waals surface area contributed by atoms with Crippen LogP contribution in [-0.4, -0.2) is 11.1 Å². The molecule has 0 bridgehead atoms. The lowest BCUT2D eigenvalue weighted by Crippen LogP contribution is -2.03. The number of hydrogen-bond donors (Lipinski definition) is 2. The van der Waals surface area contributed by atoms with Crippen molar-refractivity contribution < 1.29 is 9.90 Å². The molecular weight excluding hydrogens is 306 g/mol. The van der Waals surface area contributed by atoms with Crippen molar-refractivity contribution in [2.24, 2.45) is 0 Å². The predicted molar refractivity (Wildman–Crippen MR) is 80.2 cm³/mol. The van der Waals surface area contributed by atoms with Gasteiger partial charge in [-0.3, -0.25) is 0 Å². The van der Waals surface area contributed by atoms with Crippen LogP contribution in [0.3, 0.4) is 0 Å². The van der Waals surface area contributed by atoms with E-state index in [0.29, 0.717) is 5.69 Å². The maximum absolute atomic E-state index is 11.2. The Bertz CT molecular complexity index is 611. The van der Waals surface area contributed by atoms with Gasteiger partial charge in [0.05, 0.1) is 11.3 Å². The van der Waals surface area contributed by atoms with Crippen molar-refractivity contribution in [3.8, 4) is 0 Å². The Kier molecular flexibility index (Phi) is 4.22. The smallest absolute Gasteiger partial charge is 0.337 e. The molecule has 2 aromatic rings. The zero-order chi connectivity index (χ0) is 13.8. The summed E-state index contributed by atoms with van der Waals surface area (Å²) in [7, 11) is 0. The number of hydrogen-bond acceptors (Lipinski definition) is 2. The molecule has 0 aliphatic carbocycles. The number of para-hydroxylation sites is 1. The number of aryl methyl sites for hydroxylation is 1. The molecule has 0 fully saturated rings. The minimum absolute atomic E-state index is 0.271. The van der Waals surface area contributed by atoms with Crippen LogP contribution in [0.2, 0.25) is 0 Å². The summed E-state index contributed by atoms with van der Waals surface area (Å²) in [6.45, 7) is 2.07. The number of aromatic carboxylic acids is 1. The van der Waals surface area contributed by atoms with Crippen LogP contribution in [0.1, 0.15) is 22.8 Å². The molecule has 2 rings (SSSR count). The van der Waals surface area contributed by atoms with Crippen LogP contribution in [0.4, 0.5) is 11.4 Å². The average Bonchev–Trinajstić information content (AvgIpc) is 2.41. The quantitative estimate of drug-likeness (QED) is 0.875. The van der Waals surface area contributed by atoms with E-state index in [1.165, 1.54) is 0 Å². The Labute approximate surface area is 120 Å². The van der Waals surface area contributed by atoms with Crippen LogP contribution >= 0.6 is 15.9 Å². The fourth-order valence-electron chi connectivity index (χ4n) is 1.90. The first-order chi connectivity index (χ1) is 9.11. The van der Waals surface area contributed by atoms with Crippen LogP contribution in [0.15, 0.2) is 46.9 Å². The molecule has 0 aromatic heterocycles. The number of carboxylic acid groups (broad SMARTS) is 1. The normalized spacial score (nSPS) is 10.2. The van der Waals surface area contributed by atoms with E-state index in [0.717, 1.165) is 22.1 Å². The van der Waals surface area contributed by atoms with Crippen LogP contribution in [0.25, 0.3) is 0 Å². The highest BCUT2D eigenvalue weighted by molar-refractivity contribution is 9.10. The topological polar surface area (TPSA) is 49.3 Å². The zero-order valence-corrected chi connectivity index (χ0v) is 12.1. The van der Waals surface area contributed by atoms with E-state index in [4.69, 9.17) is 5.11 Å². The third-order valence-electron chi connectivity index (χ3n) is 2.88. The van der Waals surface area contributed by atoms with E-state index in [-0.39, 0.29) is 5.56 Å². The second kappa shape index (κ2) is 5.89. The fourth-order valence-corrected chi connectivity index (χ4v) is 2.31. The number of anilines is 2. The highest BCUT2D eigenvalue weighted by atomic mass is 79.9. The molecule has 4 heteroatoms. The maximum Gasteiger partial charge on any atom is 0.337 e. The SMILES string of the molecule is CCc1cc(Br)ccc1Nc1ccccc1C(=O)O. The minimum atomic E-state index is -0.932. The van der Waals surface area contributed by atoms with E-state index < -0.39 is 5.97 Å². The Morgan fingerprint density at radius 2 is 1.95 bits per heavy atom. The first-order valence-corrected chi connectivity index (χ1v) is 6.79. The highest BCUT2D eigenvalue weighted by Crippen LogP contribution is 2.26. The Hall–Kier alpha value is -1.81. The van der Waals surface area contributed by atoms with Crippen molar-refractivity contribution in [2.75, 3.05) is 5.32 Å². The molecule has 0 atom stereocenters. The molecule has 19 heavy (non-hydrogen) atoms. The number of halogens is 1. The van der Waals surface area contributed by atoms with Crippen LogP contribution in [0, 0.1) is 0 Å². The Morgan fingerprint density at radius 1 is 1.21 bits per heavy atom. The monoisotopic (exact) mass is 319 g/mol. The van der Waals surface area contributed by atoms with Crippen molar-refractivity contribution >= 4 is 33.3 Å². The van der Waals surface area contributed by atoms with Gasteiger partial charge >= 0.3 is 5.97 Å². The highest BCUT2D eigenvalue weighted by Gasteiger charge is 2.10. The van der Waals surface area contributed by atoms with Crippen LogP contribution in [0.5, 0.6) is 0 Å². The molecule has 2 aromatic carbocycles. The van der Waals surface area contributed by atoms with Gasteiger partial charge in [0.2, 0.25) is 0 Å². The van der Waals surface area contributed by atoms with Gasteiger partial charge < -0.3 is 10.4 Å². The molecule has 0 aliphatic rings. The summed E-state index contributed by atoms with van der Waals surface area (Å²) in [6.07, 6.45) is 0.872. The first kappa shape index (κ1) is 13.6. The van der Waals surface area contributed by atoms with Crippen LogP contribution in [-0.2, 0) is 6.42 Å². The molecule has 2 N–H and O–H groups in total. The standard InChI is InChI=1S/C15H14BrNO2/c1-2-10-9-11(16)7-8-13(10)17-14-6-4-3-5-12(14)15(18)19/h3-9,17H,2H2,1H3,(H,18,19). The summed E-state index contributed by atoms with van der Waals surface area (Å²) in [5, 5.41) is 12.4. The van der Waals surface area contributed by atoms with Gasteiger partial charge in [0.15, 0.2) is 0 Å². The van der Waals surface area contributed by atoms with Gasteiger partial charge in [-0.05, 0) is 42.3 Å². The summed E-state index contributed by atoms with van der Waals surface area (Å²) in [5.41, 5.74) is 2.94. The molecule has 0 spiro atoms. The molecule has 0 radical (unpaired) electrons. The second-order valence-electron chi connectivity index (χ2n) is 4.13. The lowest BCUT2D eigenvalue weighted by Gasteiger charge is -2.13. The van der Waals surface area contributed by atoms with E-state index in [2.05, 4.69) is 28.2 Å². The zero-order valence-electron chi connectivity index (χ0n) is 10.5. The average molecular weight is 320 g/mol. The molecule has 98 valence electrons. The molecule has 0 amide bonds. The maximum atomic E-state index is 11.2. The third kappa shape index (κ3) is 3.15. The van der Waals surface area contributed by atoms with Gasteiger partial charge in [0.1, 0.15) is 0 Å². The van der Waals surface area contributed by atoms with E-state index in [1.807, 2.05) is 24.3 Å². The van der Waals surface area contributed by atoms with Crippen molar-refractivity contribution in [1.29, 1.82) is 0 Å². The number of nitrogens with one attached hydrogen (secondary N) is 1. The summed E-state index contributed by atoms with van der Waals surface area (Å²) in [5.74, 6) is -0.932. The predicted octanol–water partition coefficient (Wildman–Crippen LogP) is 4.45. The van der Waals surface area contributed by atoms with Gasteiger partial charge in [0.25, 0.3) is 0 Å². The van der Waals surface area contributed by atoms with Crippen molar-refractivity contribution in [3.63, 3.8) is 0 Å². The Morgan fingerprint density at radius 3 is 2.63 bits per heavy atom. The molecule has 0 heterocycles. The van der Waals surface area contributed by atoms with Crippen molar-refractivity contribution in [1.82, 2.24) is 0 Å². The van der Waals surface area contributed by atoms with Gasteiger partial charge in [-0.25, -0.2) is 4.79 Å². The first-order valence-electron chi connectivity index (χ1n) is 5.99. The fraction of sp³-hybridized carbons (Fsp3) is 0.133. The minimum Gasteiger partial charge on any atom is -0.478 e. The van der Waals surface area contributed by atoms with E-state index in [1.54, 1.807) is 18.2 Å². The van der Waals surface area contributed by atoms with Gasteiger partial charge in [-0.15, -0.1) is 0 Å². The summed E-state index contributed by atoms with van der Waals surface area (Å²) < 4.78 is 1.02. The largest absolute Gasteiger partial charge is 0.478 e. The molecule has 0 aliphatic heterocycles. The molecule has 0 saturated heterocycles. The van der Waals surface area contributed by atoms with Crippen molar-refractivity contribution in [2.45, 2.75) is 13.3 Å². The van der Waals surface area contributed by atoms with Crippen molar-refractivity contribution in [3.05, 3.63) is 58.1 Å². The summed E-state index contributed by atoms with van der Waals surface area (Å²) in [6, 6.07) is 12.8. The number of carboxylic acids is 1. The number of carbonyl (C=O) groups is 1. The summed E-state index contributed by atoms with van der Waals surface area (Å²) in [4.78, 5) is 11.2. The molecular formula is C15H14BrNO2. The van der Waals surface area contributed by atoms with Gasteiger partial charge in [-0.2, -0.15) is 0 Å². The second-order valence-corrected chi connectivity index (χ2v) is 5.05. The molecule has 0 unspecified atom stereocenters. The Balaban J connectivity index is 2.39. The lowest BCUT2D eigenvalue weighted by molar-refractivity contribution is 0.0698. The number of rotatable bonds is 4. The molecule has 3 nitrogen and oxygen atoms in total. The van der Waals surface area contributed by atoms with Gasteiger partial charge in [-0.1, -0.05) is 35.0 Å². The van der Waals surface area contributed by atoms with E-state index >= 15 is 0 Å². The van der Waals surface area contributed by atoms with Crippen LogP contribution < -0.4 is 5.32 Å². The van der Waals surface area contributed by atoms with Gasteiger partial charge in [0, 0.05) is 10.2 Å². The summed E-state index contributed by atoms with van der Waals surface area (Å²) >= 11 is 3.44. The lowest BCUT2D eigenvalue weighted by atomic mass is 10.1. The number of benzene rings is 2.